The van der Waals surface area contributed by atoms with E-state index in [2.05, 4.69) is 15.5 Å². The summed E-state index contributed by atoms with van der Waals surface area (Å²) in [5.74, 6) is 0.0153. The minimum absolute atomic E-state index is 0.148. The highest BCUT2D eigenvalue weighted by molar-refractivity contribution is 7.99. The SMILES string of the molecule is CC(NC(=O)CSc1nnc(-c2ccccc2F)n1C)c1ccc(Cl)c(Cl)c1. The van der Waals surface area contributed by atoms with Crippen LogP contribution in [0.4, 0.5) is 4.39 Å². The molecule has 0 aliphatic carbocycles. The Hall–Kier alpha value is -2.09. The Morgan fingerprint density at radius 1 is 1.21 bits per heavy atom. The van der Waals surface area contributed by atoms with Gasteiger partial charge in [0.05, 0.1) is 27.4 Å². The first-order chi connectivity index (χ1) is 13.4. The van der Waals surface area contributed by atoms with Crippen molar-refractivity contribution in [3.05, 3.63) is 63.9 Å². The molecule has 1 heterocycles. The van der Waals surface area contributed by atoms with Crippen molar-refractivity contribution >= 4 is 40.9 Å². The first-order valence-corrected chi connectivity index (χ1v) is 10.1. The van der Waals surface area contributed by atoms with Crippen molar-refractivity contribution in [3.63, 3.8) is 0 Å². The first-order valence-electron chi connectivity index (χ1n) is 8.38. The van der Waals surface area contributed by atoms with Crippen LogP contribution in [-0.2, 0) is 11.8 Å². The summed E-state index contributed by atoms with van der Waals surface area (Å²) in [6.45, 7) is 1.86. The molecule has 0 aliphatic rings. The molecule has 146 valence electrons. The maximum absolute atomic E-state index is 14.0. The van der Waals surface area contributed by atoms with Gasteiger partial charge in [-0.25, -0.2) is 4.39 Å². The number of thioether (sulfide) groups is 1. The molecule has 0 aliphatic heterocycles. The summed E-state index contributed by atoms with van der Waals surface area (Å²) in [4.78, 5) is 12.3. The number of hydrogen-bond donors (Lipinski definition) is 1. The molecule has 5 nitrogen and oxygen atoms in total. The summed E-state index contributed by atoms with van der Waals surface area (Å²) in [6.07, 6.45) is 0. The lowest BCUT2D eigenvalue weighted by molar-refractivity contribution is -0.119. The third-order valence-corrected chi connectivity index (χ3v) is 5.86. The highest BCUT2D eigenvalue weighted by Crippen LogP contribution is 2.26. The topological polar surface area (TPSA) is 59.8 Å². The van der Waals surface area contributed by atoms with Gasteiger partial charge in [-0.15, -0.1) is 10.2 Å². The van der Waals surface area contributed by atoms with Crippen LogP contribution in [-0.4, -0.2) is 26.4 Å². The maximum atomic E-state index is 14.0. The second-order valence-electron chi connectivity index (χ2n) is 6.10. The smallest absolute Gasteiger partial charge is 0.230 e. The van der Waals surface area contributed by atoms with Gasteiger partial charge in [-0.2, -0.15) is 0 Å². The van der Waals surface area contributed by atoms with Crippen molar-refractivity contribution in [3.8, 4) is 11.4 Å². The van der Waals surface area contributed by atoms with Crippen LogP contribution < -0.4 is 5.32 Å². The van der Waals surface area contributed by atoms with Gasteiger partial charge in [0.25, 0.3) is 0 Å². The fraction of sp³-hybridized carbons (Fsp3) is 0.211. The Labute approximate surface area is 176 Å². The number of benzene rings is 2. The van der Waals surface area contributed by atoms with E-state index in [0.29, 0.717) is 26.6 Å². The van der Waals surface area contributed by atoms with Gasteiger partial charge in [0.2, 0.25) is 5.91 Å². The van der Waals surface area contributed by atoms with E-state index in [1.807, 2.05) is 13.0 Å². The monoisotopic (exact) mass is 438 g/mol. The minimum atomic E-state index is -0.372. The van der Waals surface area contributed by atoms with Gasteiger partial charge in [0.15, 0.2) is 11.0 Å². The number of halogens is 3. The van der Waals surface area contributed by atoms with E-state index in [1.54, 1.807) is 41.9 Å². The summed E-state index contributed by atoms with van der Waals surface area (Å²) in [6, 6.07) is 11.4. The number of nitrogens with one attached hydrogen (secondary N) is 1. The van der Waals surface area contributed by atoms with Crippen LogP contribution in [0.1, 0.15) is 18.5 Å². The normalized spacial score (nSPS) is 12.0. The van der Waals surface area contributed by atoms with Crippen LogP contribution in [0.2, 0.25) is 10.0 Å². The predicted molar refractivity (Wildman–Crippen MR) is 110 cm³/mol. The lowest BCUT2D eigenvalue weighted by Gasteiger charge is -2.15. The lowest BCUT2D eigenvalue weighted by Crippen LogP contribution is -2.28. The van der Waals surface area contributed by atoms with Crippen LogP contribution >= 0.6 is 35.0 Å². The molecular formula is C19H17Cl2FN4OS. The average Bonchev–Trinajstić information content (AvgIpc) is 3.03. The molecule has 3 aromatic rings. The van der Waals surface area contributed by atoms with E-state index in [1.165, 1.54) is 17.8 Å². The quantitative estimate of drug-likeness (QED) is 0.556. The fourth-order valence-corrected chi connectivity index (χ4v) is 3.62. The zero-order chi connectivity index (χ0) is 20.3. The Balaban J connectivity index is 1.62. The maximum Gasteiger partial charge on any atom is 0.230 e. The Kier molecular flexibility index (Phi) is 6.59. The number of amides is 1. The van der Waals surface area contributed by atoms with E-state index in [4.69, 9.17) is 23.2 Å². The third kappa shape index (κ3) is 4.66. The standard InChI is InChI=1S/C19H17Cl2FN4OS/c1-11(12-7-8-14(20)15(21)9-12)23-17(27)10-28-19-25-24-18(26(19)2)13-5-3-4-6-16(13)22/h3-9,11H,10H2,1-2H3,(H,23,27). The van der Waals surface area contributed by atoms with Crippen molar-refractivity contribution in [1.82, 2.24) is 20.1 Å². The number of hydrogen-bond acceptors (Lipinski definition) is 4. The zero-order valence-electron chi connectivity index (χ0n) is 15.1. The van der Waals surface area contributed by atoms with E-state index >= 15 is 0 Å². The summed E-state index contributed by atoms with van der Waals surface area (Å²) >= 11 is 13.2. The summed E-state index contributed by atoms with van der Waals surface area (Å²) in [5.41, 5.74) is 1.22. The van der Waals surface area contributed by atoms with Crippen molar-refractivity contribution in [2.24, 2.45) is 7.05 Å². The van der Waals surface area contributed by atoms with Crippen molar-refractivity contribution in [2.75, 3.05) is 5.75 Å². The number of aromatic nitrogens is 3. The summed E-state index contributed by atoms with van der Waals surface area (Å²) in [7, 11) is 1.74. The highest BCUT2D eigenvalue weighted by Gasteiger charge is 2.16. The number of rotatable bonds is 6. The van der Waals surface area contributed by atoms with Gasteiger partial charge in [0.1, 0.15) is 5.82 Å². The predicted octanol–water partition coefficient (Wildman–Crippen LogP) is 4.90. The van der Waals surface area contributed by atoms with Gasteiger partial charge < -0.3 is 9.88 Å². The summed E-state index contributed by atoms with van der Waals surface area (Å²) < 4.78 is 15.6. The highest BCUT2D eigenvalue weighted by atomic mass is 35.5. The second kappa shape index (κ2) is 8.94. The molecule has 9 heteroatoms. The largest absolute Gasteiger partial charge is 0.349 e. The molecule has 0 radical (unpaired) electrons. The van der Waals surface area contributed by atoms with E-state index < -0.39 is 0 Å². The number of carbonyl (C=O) groups is 1. The first kappa shape index (κ1) is 20.6. The molecule has 0 saturated heterocycles. The fourth-order valence-electron chi connectivity index (χ4n) is 2.60. The van der Waals surface area contributed by atoms with Gasteiger partial charge in [-0.3, -0.25) is 4.79 Å². The van der Waals surface area contributed by atoms with Gasteiger partial charge in [-0.1, -0.05) is 53.2 Å². The molecule has 28 heavy (non-hydrogen) atoms. The second-order valence-corrected chi connectivity index (χ2v) is 7.85. The van der Waals surface area contributed by atoms with Gasteiger partial charge in [0, 0.05) is 7.05 Å². The molecule has 3 rings (SSSR count). The number of nitrogens with zero attached hydrogens (tertiary/aromatic N) is 3. The average molecular weight is 439 g/mol. The molecule has 0 spiro atoms. The van der Waals surface area contributed by atoms with Gasteiger partial charge in [-0.05, 0) is 36.8 Å². The van der Waals surface area contributed by atoms with Crippen LogP contribution in [0.5, 0.6) is 0 Å². The van der Waals surface area contributed by atoms with Crippen LogP contribution in [0.15, 0.2) is 47.6 Å². The molecule has 1 unspecified atom stereocenters. The molecule has 0 fully saturated rings. The Morgan fingerprint density at radius 3 is 2.68 bits per heavy atom. The lowest BCUT2D eigenvalue weighted by atomic mass is 10.1. The van der Waals surface area contributed by atoms with Crippen molar-refractivity contribution < 1.29 is 9.18 Å². The molecule has 2 aromatic carbocycles. The Bertz CT molecular complexity index is 1010. The molecule has 0 bridgehead atoms. The number of carbonyl (C=O) groups excluding carboxylic acids is 1. The summed E-state index contributed by atoms with van der Waals surface area (Å²) in [5, 5.41) is 12.4. The molecular weight excluding hydrogens is 422 g/mol. The van der Waals surface area contributed by atoms with E-state index in [0.717, 1.165) is 5.56 Å². The Morgan fingerprint density at radius 2 is 1.96 bits per heavy atom. The third-order valence-electron chi connectivity index (χ3n) is 4.10. The van der Waals surface area contributed by atoms with Crippen molar-refractivity contribution in [2.45, 2.75) is 18.1 Å². The molecule has 1 amide bonds. The molecule has 0 saturated carbocycles. The zero-order valence-corrected chi connectivity index (χ0v) is 17.4. The van der Waals surface area contributed by atoms with Gasteiger partial charge >= 0.3 is 0 Å². The molecule has 1 atom stereocenters. The van der Waals surface area contributed by atoms with Crippen LogP contribution in [0, 0.1) is 5.82 Å². The van der Waals surface area contributed by atoms with E-state index in [9.17, 15) is 9.18 Å². The minimum Gasteiger partial charge on any atom is -0.349 e. The molecule has 1 aromatic heterocycles. The van der Waals surface area contributed by atoms with Crippen LogP contribution in [0.3, 0.4) is 0 Å². The van der Waals surface area contributed by atoms with E-state index in [-0.39, 0.29) is 23.5 Å². The van der Waals surface area contributed by atoms with Crippen LogP contribution in [0.25, 0.3) is 11.4 Å². The van der Waals surface area contributed by atoms with Crippen molar-refractivity contribution in [1.29, 1.82) is 0 Å². The molecule has 1 N–H and O–H groups in total.